The van der Waals surface area contributed by atoms with E-state index in [-0.39, 0.29) is 11.9 Å². The average molecular weight is 233 g/mol. The van der Waals surface area contributed by atoms with Crippen LogP contribution in [0.15, 0.2) is 24.4 Å². The van der Waals surface area contributed by atoms with E-state index in [0.717, 1.165) is 0 Å². The van der Waals surface area contributed by atoms with Crippen molar-refractivity contribution in [3.63, 3.8) is 0 Å². The molecule has 17 heavy (non-hydrogen) atoms. The summed E-state index contributed by atoms with van der Waals surface area (Å²) in [6.07, 6.45) is 6.47. The van der Waals surface area contributed by atoms with Gasteiger partial charge in [-0.25, -0.2) is 0 Å². The predicted molar refractivity (Wildman–Crippen MR) is 66.5 cm³/mol. The van der Waals surface area contributed by atoms with Crippen LogP contribution in [-0.4, -0.2) is 23.5 Å². The zero-order valence-corrected chi connectivity index (χ0v) is 9.93. The lowest BCUT2D eigenvalue weighted by Gasteiger charge is -2.22. The number of hydrogen-bond acceptors (Lipinski definition) is 3. The number of hydrogen-bond donors (Lipinski definition) is 2. The smallest absolute Gasteiger partial charge is 0.270 e. The lowest BCUT2D eigenvalue weighted by Crippen LogP contribution is -2.44. The molecular weight excluding hydrogens is 214 g/mol. The molecular formula is C13H19N3O. The van der Waals surface area contributed by atoms with Gasteiger partial charge in [0, 0.05) is 18.8 Å². The van der Waals surface area contributed by atoms with E-state index in [4.69, 9.17) is 5.73 Å². The van der Waals surface area contributed by atoms with Gasteiger partial charge in [-0.05, 0) is 30.9 Å². The van der Waals surface area contributed by atoms with Gasteiger partial charge in [0.25, 0.3) is 5.91 Å². The third-order valence-corrected chi connectivity index (χ3v) is 3.44. The number of pyridine rings is 1. The van der Waals surface area contributed by atoms with Crippen molar-refractivity contribution in [2.75, 3.05) is 6.54 Å². The molecule has 0 saturated heterocycles. The van der Waals surface area contributed by atoms with Crippen LogP contribution in [-0.2, 0) is 0 Å². The molecule has 1 saturated carbocycles. The maximum atomic E-state index is 11.9. The number of aromatic nitrogens is 1. The summed E-state index contributed by atoms with van der Waals surface area (Å²) in [7, 11) is 0. The fourth-order valence-corrected chi connectivity index (χ4v) is 2.47. The summed E-state index contributed by atoms with van der Waals surface area (Å²) in [5.74, 6) is 0.417. The Kier molecular flexibility index (Phi) is 4.09. The first-order chi connectivity index (χ1) is 8.31. The molecule has 0 aliphatic heterocycles. The Morgan fingerprint density at radius 1 is 1.47 bits per heavy atom. The lowest BCUT2D eigenvalue weighted by molar-refractivity contribution is 0.0919. The molecule has 2 rings (SSSR count). The molecule has 1 aromatic heterocycles. The molecule has 0 radical (unpaired) electrons. The number of rotatable bonds is 4. The predicted octanol–water partition coefficient (Wildman–Crippen LogP) is 1.33. The van der Waals surface area contributed by atoms with E-state index in [1.165, 1.54) is 25.7 Å². The Hall–Kier alpha value is -1.42. The second-order valence-electron chi connectivity index (χ2n) is 4.58. The summed E-state index contributed by atoms with van der Waals surface area (Å²) in [6, 6.07) is 5.42. The average Bonchev–Trinajstić information content (AvgIpc) is 2.90. The second-order valence-corrected chi connectivity index (χ2v) is 4.58. The summed E-state index contributed by atoms with van der Waals surface area (Å²) < 4.78 is 0. The van der Waals surface area contributed by atoms with Crippen molar-refractivity contribution < 1.29 is 4.79 Å². The summed E-state index contributed by atoms with van der Waals surface area (Å²) in [5.41, 5.74) is 6.21. The topological polar surface area (TPSA) is 68.0 Å². The molecule has 1 heterocycles. The highest BCUT2D eigenvalue weighted by molar-refractivity contribution is 5.92. The van der Waals surface area contributed by atoms with Crippen molar-refractivity contribution in [3.05, 3.63) is 30.1 Å². The summed E-state index contributed by atoms with van der Waals surface area (Å²) in [6.45, 7) is 0.503. The van der Waals surface area contributed by atoms with Gasteiger partial charge in [0.2, 0.25) is 0 Å². The van der Waals surface area contributed by atoms with Crippen LogP contribution in [0.4, 0.5) is 0 Å². The van der Waals surface area contributed by atoms with Gasteiger partial charge in [0.1, 0.15) is 5.69 Å². The van der Waals surface area contributed by atoms with Gasteiger partial charge in [0.05, 0.1) is 0 Å². The number of carbonyl (C=O) groups is 1. The largest absolute Gasteiger partial charge is 0.346 e. The van der Waals surface area contributed by atoms with Crippen LogP contribution < -0.4 is 11.1 Å². The standard InChI is InChI=1S/C13H19N3O/c14-9-12(10-5-1-2-6-10)16-13(17)11-7-3-4-8-15-11/h3-4,7-8,10,12H,1-2,5-6,9,14H2,(H,16,17). The number of nitrogens with one attached hydrogen (secondary N) is 1. The zero-order valence-electron chi connectivity index (χ0n) is 9.93. The molecule has 1 unspecified atom stereocenters. The van der Waals surface area contributed by atoms with Gasteiger partial charge < -0.3 is 11.1 Å². The van der Waals surface area contributed by atoms with Crippen LogP contribution in [0.1, 0.15) is 36.2 Å². The Bertz CT molecular complexity index is 360. The van der Waals surface area contributed by atoms with Gasteiger partial charge in [-0.15, -0.1) is 0 Å². The van der Waals surface area contributed by atoms with Crippen LogP contribution >= 0.6 is 0 Å². The molecule has 92 valence electrons. The van der Waals surface area contributed by atoms with Gasteiger partial charge in [-0.3, -0.25) is 9.78 Å². The molecule has 0 aromatic carbocycles. The molecule has 1 aliphatic carbocycles. The third kappa shape index (κ3) is 3.03. The van der Waals surface area contributed by atoms with Crippen LogP contribution in [0, 0.1) is 5.92 Å². The van der Waals surface area contributed by atoms with Crippen molar-refractivity contribution in [3.8, 4) is 0 Å². The quantitative estimate of drug-likeness (QED) is 0.824. The Balaban J connectivity index is 1.96. The van der Waals surface area contributed by atoms with Crippen molar-refractivity contribution in [1.82, 2.24) is 10.3 Å². The first-order valence-electron chi connectivity index (χ1n) is 6.23. The highest BCUT2D eigenvalue weighted by Gasteiger charge is 2.25. The van der Waals surface area contributed by atoms with Crippen molar-refractivity contribution in [1.29, 1.82) is 0 Å². The fraction of sp³-hybridized carbons (Fsp3) is 0.538. The number of amides is 1. The molecule has 4 nitrogen and oxygen atoms in total. The molecule has 1 aliphatic rings. The minimum atomic E-state index is -0.118. The van der Waals surface area contributed by atoms with Crippen LogP contribution in [0.25, 0.3) is 0 Å². The number of nitrogens with zero attached hydrogens (tertiary/aromatic N) is 1. The van der Waals surface area contributed by atoms with Crippen LogP contribution in [0.3, 0.4) is 0 Å². The summed E-state index contributed by atoms with van der Waals surface area (Å²) in [5, 5.41) is 3.00. The monoisotopic (exact) mass is 233 g/mol. The first kappa shape index (κ1) is 12.0. The Morgan fingerprint density at radius 3 is 2.82 bits per heavy atom. The van der Waals surface area contributed by atoms with E-state index in [9.17, 15) is 4.79 Å². The SMILES string of the molecule is NCC(NC(=O)c1ccccn1)C1CCCC1. The summed E-state index contributed by atoms with van der Waals surface area (Å²) in [4.78, 5) is 16.0. The van der Waals surface area contributed by atoms with E-state index in [1.807, 2.05) is 6.07 Å². The normalized spacial score (nSPS) is 17.9. The minimum Gasteiger partial charge on any atom is -0.346 e. The molecule has 1 fully saturated rings. The zero-order chi connectivity index (χ0) is 12.1. The Morgan fingerprint density at radius 2 is 2.24 bits per heavy atom. The molecule has 4 heteroatoms. The maximum Gasteiger partial charge on any atom is 0.270 e. The molecule has 1 amide bonds. The van der Waals surface area contributed by atoms with E-state index >= 15 is 0 Å². The van der Waals surface area contributed by atoms with Gasteiger partial charge in [-0.2, -0.15) is 0 Å². The van der Waals surface area contributed by atoms with Crippen molar-refractivity contribution in [2.24, 2.45) is 11.7 Å². The van der Waals surface area contributed by atoms with Gasteiger partial charge in [0.15, 0.2) is 0 Å². The van der Waals surface area contributed by atoms with Crippen molar-refractivity contribution in [2.45, 2.75) is 31.7 Å². The maximum absolute atomic E-state index is 11.9. The van der Waals surface area contributed by atoms with E-state index in [2.05, 4.69) is 10.3 Å². The van der Waals surface area contributed by atoms with Gasteiger partial charge >= 0.3 is 0 Å². The fourth-order valence-electron chi connectivity index (χ4n) is 2.47. The van der Waals surface area contributed by atoms with Crippen LogP contribution in [0.5, 0.6) is 0 Å². The highest BCUT2D eigenvalue weighted by Crippen LogP contribution is 2.27. The molecule has 3 N–H and O–H groups in total. The number of carbonyl (C=O) groups excluding carboxylic acids is 1. The highest BCUT2D eigenvalue weighted by atomic mass is 16.1. The number of nitrogens with two attached hydrogens (primary N) is 1. The lowest BCUT2D eigenvalue weighted by atomic mass is 9.98. The van der Waals surface area contributed by atoms with E-state index in [1.54, 1.807) is 18.3 Å². The second kappa shape index (κ2) is 5.77. The Labute approximate surface area is 102 Å². The molecule has 0 bridgehead atoms. The van der Waals surface area contributed by atoms with Crippen molar-refractivity contribution >= 4 is 5.91 Å². The third-order valence-electron chi connectivity index (χ3n) is 3.44. The summed E-state index contributed by atoms with van der Waals surface area (Å²) >= 11 is 0. The van der Waals surface area contributed by atoms with E-state index < -0.39 is 0 Å². The van der Waals surface area contributed by atoms with Crippen LogP contribution in [0.2, 0.25) is 0 Å². The van der Waals surface area contributed by atoms with E-state index in [0.29, 0.717) is 18.2 Å². The first-order valence-corrected chi connectivity index (χ1v) is 6.23. The molecule has 0 spiro atoms. The molecule has 1 aromatic rings. The van der Waals surface area contributed by atoms with Gasteiger partial charge in [-0.1, -0.05) is 18.9 Å². The minimum absolute atomic E-state index is 0.0898. The molecule has 1 atom stereocenters.